The van der Waals surface area contributed by atoms with E-state index in [1.54, 1.807) is 0 Å². The van der Waals surface area contributed by atoms with Crippen LogP contribution in [0.2, 0.25) is 0 Å². The number of nitrogens with zero attached hydrogens (tertiary/aromatic N) is 2. The summed E-state index contributed by atoms with van der Waals surface area (Å²) in [6.07, 6.45) is 1.55. The van der Waals surface area contributed by atoms with Gasteiger partial charge in [0, 0.05) is 8.04 Å². The summed E-state index contributed by atoms with van der Waals surface area (Å²) >= 11 is 5.75. The van der Waals surface area contributed by atoms with Crippen molar-refractivity contribution < 1.29 is 4.52 Å². The van der Waals surface area contributed by atoms with Crippen LogP contribution in [0.3, 0.4) is 0 Å². The fraction of sp³-hybridized carbons (Fsp3) is 0.385. The number of aromatic nitrogens is 2. The van der Waals surface area contributed by atoms with E-state index in [4.69, 9.17) is 10.3 Å². The molecule has 19 heavy (non-hydrogen) atoms. The maximum absolute atomic E-state index is 6.28. The number of hydrogen-bond donors (Lipinski definition) is 1. The van der Waals surface area contributed by atoms with E-state index in [1.165, 1.54) is 0 Å². The van der Waals surface area contributed by atoms with E-state index in [9.17, 15) is 0 Å². The molecular weight excluding hydrogens is 421 g/mol. The number of halogens is 2. The van der Waals surface area contributed by atoms with E-state index in [2.05, 4.69) is 48.7 Å². The standard InChI is InChI=1S/C13H15BrIN3O/c1-3-13(16,4-2)12-17-11(19-18-12)9-7-8(15)5-6-10(9)14/h5-7H,3-4,16H2,1-2H3. The summed E-state index contributed by atoms with van der Waals surface area (Å²) < 4.78 is 7.40. The van der Waals surface area contributed by atoms with E-state index in [-0.39, 0.29) is 0 Å². The Balaban J connectivity index is 2.44. The van der Waals surface area contributed by atoms with Crippen LogP contribution in [0.1, 0.15) is 32.5 Å². The molecule has 2 N–H and O–H groups in total. The van der Waals surface area contributed by atoms with E-state index in [1.807, 2.05) is 32.0 Å². The van der Waals surface area contributed by atoms with Gasteiger partial charge in [-0.15, -0.1) is 0 Å². The third-order valence-electron chi connectivity index (χ3n) is 3.29. The molecule has 4 nitrogen and oxygen atoms in total. The fourth-order valence-electron chi connectivity index (χ4n) is 1.76. The third-order valence-corrected chi connectivity index (χ3v) is 4.65. The second kappa shape index (κ2) is 5.88. The van der Waals surface area contributed by atoms with Gasteiger partial charge in [0.2, 0.25) is 0 Å². The van der Waals surface area contributed by atoms with Crippen molar-refractivity contribution in [2.24, 2.45) is 5.73 Å². The van der Waals surface area contributed by atoms with Crippen molar-refractivity contribution in [2.45, 2.75) is 32.2 Å². The van der Waals surface area contributed by atoms with Crippen LogP contribution in [0, 0.1) is 3.57 Å². The van der Waals surface area contributed by atoms with Crippen molar-refractivity contribution in [2.75, 3.05) is 0 Å². The quantitative estimate of drug-likeness (QED) is 0.735. The van der Waals surface area contributed by atoms with E-state index >= 15 is 0 Å². The number of hydrogen-bond acceptors (Lipinski definition) is 4. The molecular formula is C13H15BrIN3O. The highest BCUT2D eigenvalue weighted by Gasteiger charge is 2.29. The highest BCUT2D eigenvalue weighted by molar-refractivity contribution is 14.1. The van der Waals surface area contributed by atoms with Crippen LogP contribution in [0.4, 0.5) is 0 Å². The lowest BCUT2D eigenvalue weighted by Crippen LogP contribution is -2.36. The lowest BCUT2D eigenvalue weighted by atomic mass is 9.93. The topological polar surface area (TPSA) is 64.9 Å². The molecule has 0 amide bonds. The Morgan fingerprint density at radius 2 is 2.05 bits per heavy atom. The molecule has 0 aliphatic carbocycles. The van der Waals surface area contributed by atoms with E-state index in [0.29, 0.717) is 11.7 Å². The maximum Gasteiger partial charge on any atom is 0.259 e. The smallest absolute Gasteiger partial charge is 0.259 e. The van der Waals surface area contributed by atoms with Crippen LogP contribution in [-0.2, 0) is 5.54 Å². The van der Waals surface area contributed by atoms with Crippen LogP contribution in [0.15, 0.2) is 27.2 Å². The van der Waals surface area contributed by atoms with Gasteiger partial charge in [0.05, 0.1) is 11.1 Å². The van der Waals surface area contributed by atoms with Gasteiger partial charge in [-0.3, -0.25) is 0 Å². The van der Waals surface area contributed by atoms with Gasteiger partial charge < -0.3 is 10.3 Å². The highest BCUT2D eigenvalue weighted by atomic mass is 127. The summed E-state index contributed by atoms with van der Waals surface area (Å²) in [5, 5.41) is 4.04. The molecule has 1 heterocycles. The molecule has 102 valence electrons. The zero-order chi connectivity index (χ0) is 14.0. The van der Waals surface area contributed by atoms with Gasteiger partial charge in [-0.1, -0.05) is 19.0 Å². The predicted octanol–water partition coefficient (Wildman–Crippen LogP) is 4.08. The molecule has 0 spiro atoms. The summed E-state index contributed by atoms with van der Waals surface area (Å²) in [6.45, 7) is 4.06. The SMILES string of the molecule is CCC(N)(CC)c1noc(-c2cc(I)ccc2Br)n1. The zero-order valence-corrected chi connectivity index (χ0v) is 14.5. The average molecular weight is 436 g/mol. The Bertz CT molecular complexity index is 581. The summed E-state index contributed by atoms with van der Waals surface area (Å²) in [6, 6.07) is 5.98. The number of nitrogens with two attached hydrogens (primary N) is 1. The molecule has 6 heteroatoms. The van der Waals surface area contributed by atoms with Crippen LogP contribution < -0.4 is 5.73 Å². The molecule has 0 saturated heterocycles. The molecule has 2 rings (SSSR count). The van der Waals surface area contributed by atoms with Gasteiger partial charge in [-0.2, -0.15) is 4.98 Å². The van der Waals surface area contributed by atoms with Crippen molar-refractivity contribution in [1.29, 1.82) is 0 Å². The molecule has 0 fully saturated rings. The zero-order valence-electron chi connectivity index (χ0n) is 10.8. The molecule has 1 aromatic heterocycles. The minimum atomic E-state index is -0.518. The lowest BCUT2D eigenvalue weighted by molar-refractivity contribution is 0.350. The monoisotopic (exact) mass is 435 g/mol. The first-order valence-electron chi connectivity index (χ1n) is 6.08. The van der Waals surface area contributed by atoms with Gasteiger partial charge >= 0.3 is 0 Å². The third kappa shape index (κ3) is 3.00. The van der Waals surface area contributed by atoms with Crippen LogP contribution in [0.25, 0.3) is 11.5 Å². The number of rotatable bonds is 4. The van der Waals surface area contributed by atoms with Gasteiger partial charge in [-0.25, -0.2) is 0 Å². The molecule has 0 radical (unpaired) electrons. The van der Waals surface area contributed by atoms with E-state index < -0.39 is 5.54 Å². The Labute approximate surface area is 134 Å². The minimum absolute atomic E-state index is 0.497. The minimum Gasteiger partial charge on any atom is -0.334 e. The molecule has 2 aromatic rings. The second-order valence-electron chi connectivity index (χ2n) is 4.41. The summed E-state index contributed by atoms with van der Waals surface area (Å²) in [7, 11) is 0. The van der Waals surface area contributed by atoms with Gasteiger partial charge in [0.15, 0.2) is 5.82 Å². The van der Waals surface area contributed by atoms with Gasteiger partial charge in [0.25, 0.3) is 5.89 Å². The van der Waals surface area contributed by atoms with Crippen LogP contribution in [0.5, 0.6) is 0 Å². The molecule has 0 aliphatic heterocycles. The molecule has 0 saturated carbocycles. The molecule has 0 atom stereocenters. The first kappa shape index (κ1) is 14.9. The van der Waals surface area contributed by atoms with Crippen LogP contribution in [-0.4, -0.2) is 10.1 Å². The Hall–Kier alpha value is -0.470. The van der Waals surface area contributed by atoms with Crippen molar-refractivity contribution in [1.82, 2.24) is 10.1 Å². The largest absolute Gasteiger partial charge is 0.334 e. The first-order chi connectivity index (χ1) is 9.00. The second-order valence-corrected chi connectivity index (χ2v) is 6.51. The van der Waals surface area contributed by atoms with Crippen molar-refractivity contribution >= 4 is 38.5 Å². The maximum atomic E-state index is 6.28. The fourth-order valence-corrected chi connectivity index (χ4v) is 2.67. The van der Waals surface area contributed by atoms with Crippen LogP contribution >= 0.6 is 38.5 Å². The van der Waals surface area contributed by atoms with E-state index in [0.717, 1.165) is 26.4 Å². The van der Waals surface area contributed by atoms with Crippen molar-refractivity contribution in [3.05, 3.63) is 32.1 Å². The van der Waals surface area contributed by atoms with Gasteiger partial charge in [-0.05, 0) is 69.6 Å². The summed E-state index contributed by atoms with van der Waals surface area (Å²) in [5.41, 5.74) is 6.65. The normalized spacial score (nSPS) is 11.8. The Kier molecular flexibility index (Phi) is 4.62. The predicted molar refractivity (Wildman–Crippen MR) is 86.6 cm³/mol. The number of benzene rings is 1. The summed E-state index contributed by atoms with van der Waals surface area (Å²) in [4.78, 5) is 4.46. The first-order valence-corrected chi connectivity index (χ1v) is 7.96. The Morgan fingerprint density at radius 1 is 1.37 bits per heavy atom. The Morgan fingerprint density at radius 3 is 2.68 bits per heavy atom. The summed E-state index contributed by atoms with van der Waals surface area (Å²) in [5.74, 6) is 1.07. The average Bonchev–Trinajstić information content (AvgIpc) is 2.90. The molecule has 0 aliphatic rings. The van der Waals surface area contributed by atoms with Gasteiger partial charge in [0.1, 0.15) is 0 Å². The molecule has 0 bridgehead atoms. The molecule has 0 unspecified atom stereocenters. The van der Waals surface area contributed by atoms with Crippen molar-refractivity contribution in [3.8, 4) is 11.5 Å². The van der Waals surface area contributed by atoms with Crippen molar-refractivity contribution in [3.63, 3.8) is 0 Å². The highest BCUT2D eigenvalue weighted by Crippen LogP contribution is 2.31. The molecule has 1 aromatic carbocycles. The lowest BCUT2D eigenvalue weighted by Gasteiger charge is -2.21.